The molecule has 0 aliphatic carbocycles. The number of carbonyl (C=O) groups excluding carboxylic acids is 1. The molecule has 3 aromatic rings. The first-order chi connectivity index (χ1) is 16.2. The van der Waals surface area contributed by atoms with Gasteiger partial charge in [-0.05, 0) is 43.2 Å². The van der Waals surface area contributed by atoms with Gasteiger partial charge in [0, 0.05) is 31.6 Å². The Morgan fingerprint density at radius 3 is 2.53 bits per heavy atom. The molecule has 1 aliphatic heterocycles. The van der Waals surface area contributed by atoms with Crippen LogP contribution in [0.15, 0.2) is 58.9 Å². The van der Waals surface area contributed by atoms with E-state index in [2.05, 4.69) is 11.6 Å². The highest BCUT2D eigenvalue weighted by Gasteiger charge is 2.32. The first kappa shape index (κ1) is 24.2. The van der Waals surface area contributed by atoms with Gasteiger partial charge < -0.3 is 9.30 Å². The molecule has 7 nitrogen and oxygen atoms in total. The van der Waals surface area contributed by atoms with E-state index in [0.717, 1.165) is 17.4 Å². The number of allylic oxidation sites excluding steroid dienone is 1. The van der Waals surface area contributed by atoms with Crippen molar-refractivity contribution >= 4 is 37.5 Å². The van der Waals surface area contributed by atoms with Crippen LogP contribution in [0.5, 0.6) is 5.75 Å². The number of ether oxygens (including phenoxy) is 1. The van der Waals surface area contributed by atoms with Crippen LogP contribution in [0.1, 0.15) is 12.8 Å². The first-order valence-electron chi connectivity index (χ1n) is 10.6. The predicted molar refractivity (Wildman–Crippen MR) is 125 cm³/mol. The number of thiazole rings is 1. The van der Waals surface area contributed by atoms with Crippen LogP contribution in [-0.2, 0) is 21.4 Å². The quantitative estimate of drug-likeness (QED) is 0.477. The van der Waals surface area contributed by atoms with Crippen molar-refractivity contribution in [2.24, 2.45) is 10.9 Å². The molecule has 0 radical (unpaired) electrons. The molecule has 0 unspecified atom stereocenters. The number of sulfonamides is 1. The van der Waals surface area contributed by atoms with Gasteiger partial charge in [0.15, 0.2) is 10.6 Å². The molecule has 0 bridgehead atoms. The van der Waals surface area contributed by atoms with E-state index in [0.29, 0.717) is 23.3 Å². The highest BCUT2D eigenvalue weighted by Crippen LogP contribution is 2.26. The summed E-state index contributed by atoms with van der Waals surface area (Å²) in [6.45, 7) is 4.22. The zero-order chi connectivity index (χ0) is 24.5. The molecule has 1 amide bonds. The van der Waals surface area contributed by atoms with Crippen LogP contribution in [0, 0.1) is 17.6 Å². The molecule has 1 aliphatic rings. The number of hydrogen-bond donors (Lipinski definition) is 0. The Bertz CT molecular complexity index is 1400. The standard InChI is InChI=1S/C23H23F2N3O4S2/c1-3-10-28-21-19(25)13-16(24)14-20(21)33-23(28)26-22(29)15-8-11-27(12-9-15)34(30,31)18-6-4-17(32-2)5-7-18/h3-7,13-15H,1,8-12H2,2H3. The van der Waals surface area contributed by atoms with Crippen LogP contribution in [0.2, 0.25) is 0 Å². The molecule has 2 heterocycles. The number of aromatic nitrogens is 1. The molecule has 1 fully saturated rings. The van der Waals surface area contributed by atoms with Crippen LogP contribution in [0.3, 0.4) is 0 Å². The van der Waals surface area contributed by atoms with Gasteiger partial charge in [0.2, 0.25) is 10.0 Å². The van der Waals surface area contributed by atoms with Crippen molar-refractivity contribution < 1.29 is 26.7 Å². The van der Waals surface area contributed by atoms with Gasteiger partial charge in [0.05, 0.1) is 22.2 Å². The highest BCUT2D eigenvalue weighted by atomic mass is 32.2. The summed E-state index contributed by atoms with van der Waals surface area (Å²) in [5.41, 5.74) is 0.165. The lowest BCUT2D eigenvalue weighted by molar-refractivity contribution is -0.122. The molecule has 2 aromatic carbocycles. The summed E-state index contributed by atoms with van der Waals surface area (Å²) < 4.78 is 62.2. The Morgan fingerprint density at radius 2 is 1.91 bits per heavy atom. The maximum absolute atomic E-state index is 14.4. The van der Waals surface area contributed by atoms with Gasteiger partial charge in [-0.3, -0.25) is 4.79 Å². The van der Waals surface area contributed by atoms with E-state index in [4.69, 9.17) is 4.74 Å². The van der Waals surface area contributed by atoms with Crippen LogP contribution >= 0.6 is 11.3 Å². The Hall–Kier alpha value is -2.89. The van der Waals surface area contributed by atoms with Gasteiger partial charge in [0.25, 0.3) is 5.91 Å². The van der Waals surface area contributed by atoms with Crippen molar-refractivity contribution in [3.8, 4) is 5.75 Å². The van der Waals surface area contributed by atoms with E-state index in [-0.39, 0.29) is 34.8 Å². The average Bonchev–Trinajstić information content (AvgIpc) is 3.16. The third-order valence-electron chi connectivity index (χ3n) is 5.71. The Morgan fingerprint density at radius 1 is 1.24 bits per heavy atom. The van der Waals surface area contributed by atoms with E-state index in [1.54, 1.807) is 18.2 Å². The molecular formula is C23H23F2N3O4S2. The smallest absolute Gasteiger partial charge is 0.251 e. The summed E-state index contributed by atoms with van der Waals surface area (Å²) in [6.07, 6.45) is 2.17. The van der Waals surface area contributed by atoms with Crippen LogP contribution in [0.4, 0.5) is 8.78 Å². The molecule has 1 aromatic heterocycles. The number of fused-ring (bicyclic) bond motifs is 1. The Labute approximate surface area is 199 Å². The second-order valence-corrected chi connectivity index (χ2v) is 10.8. The number of halogens is 2. The average molecular weight is 508 g/mol. The SMILES string of the molecule is C=CCn1c(=NC(=O)C2CCN(S(=O)(=O)c3ccc(OC)cc3)CC2)sc2cc(F)cc(F)c21. The predicted octanol–water partition coefficient (Wildman–Crippen LogP) is 3.70. The fraction of sp³-hybridized carbons (Fsp3) is 0.304. The third kappa shape index (κ3) is 4.68. The number of amides is 1. The maximum Gasteiger partial charge on any atom is 0.251 e. The second kappa shape index (κ2) is 9.77. The first-order valence-corrected chi connectivity index (χ1v) is 12.8. The van der Waals surface area contributed by atoms with Crippen LogP contribution in [-0.4, -0.2) is 43.4 Å². The normalized spacial score (nSPS) is 16.1. The van der Waals surface area contributed by atoms with Crippen molar-refractivity contribution in [1.29, 1.82) is 0 Å². The molecule has 0 spiro atoms. The minimum absolute atomic E-state index is 0.160. The van der Waals surface area contributed by atoms with Crippen LogP contribution in [0.25, 0.3) is 10.2 Å². The topological polar surface area (TPSA) is 81.0 Å². The van der Waals surface area contributed by atoms with Gasteiger partial charge in [-0.15, -0.1) is 6.58 Å². The molecule has 0 saturated carbocycles. The molecule has 0 atom stereocenters. The number of nitrogens with zero attached hydrogens (tertiary/aromatic N) is 3. The number of carbonyl (C=O) groups is 1. The summed E-state index contributed by atoms with van der Waals surface area (Å²) in [5.74, 6) is -1.76. The summed E-state index contributed by atoms with van der Waals surface area (Å²) in [7, 11) is -2.19. The molecule has 4 rings (SSSR count). The van der Waals surface area contributed by atoms with Crippen molar-refractivity contribution in [3.05, 3.63) is 65.5 Å². The van der Waals surface area contributed by atoms with Gasteiger partial charge in [-0.1, -0.05) is 17.4 Å². The highest BCUT2D eigenvalue weighted by molar-refractivity contribution is 7.89. The summed E-state index contributed by atoms with van der Waals surface area (Å²) >= 11 is 1.02. The van der Waals surface area contributed by atoms with Crippen molar-refractivity contribution in [3.63, 3.8) is 0 Å². The molecule has 11 heteroatoms. The summed E-state index contributed by atoms with van der Waals surface area (Å²) in [5, 5.41) is 0. The second-order valence-electron chi connectivity index (χ2n) is 7.82. The summed E-state index contributed by atoms with van der Waals surface area (Å²) in [6, 6.07) is 8.14. The third-order valence-corrected chi connectivity index (χ3v) is 8.65. The zero-order valence-corrected chi connectivity index (χ0v) is 20.0. The van der Waals surface area contributed by atoms with E-state index in [9.17, 15) is 22.0 Å². The molecule has 34 heavy (non-hydrogen) atoms. The van der Waals surface area contributed by atoms with E-state index < -0.39 is 33.5 Å². The fourth-order valence-corrected chi connectivity index (χ4v) is 6.49. The molecule has 0 N–H and O–H groups in total. The number of piperidine rings is 1. The van der Waals surface area contributed by atoms with E-state index in [1.165, 1.54) is 34.2 Å². The van der Waals surface area contributed by atoms with E-state index >= 15 is 0 Å². The number of rotatable bonds is 6. The Kier molecular flexibility index (Phi) is 6.96. The van der Waals surface area contributed by atoms with Crippen molar-refractivity contribution in [1.82, 2.24) is 8.87 Å². The molecular weight excluding hydrogens is 484 g/mol. The number of benzene rings is 2. The van der Waals surface area contributed by atoms with Gasteiger partial charge in [0.1, 0.15) is 11.6 Å². The van der Waals surface area contributed by atoms with Crippen molar-refractivity contribution in [2.45, 2.75) is 24.3 Å². The lowest BCUT2D eigenvalue weighted by atomic mass is 9.98. The van der Waals surface area contributed by atoms with Crippen molar-refractivity contribution in [2.75, 3.05) is 20.2 Å². The van der Waals surface area contributed by atoms with E-state index in [1.807, 2.05) is 0 Å². The monoisotopic (exact) mass is 507 g/mol. The minimum atomic E-state index is -3.69. The Balaban J connectivity index is 1.54. The van der Waals surface area contributed by atoms with Gasteiger partial charge in [-0.2, -0.15) is 9.30 Å². The maximum atomic E-state index is 14.4. The summed E-state index contributed by atoms with van der Waals surface area (Å²) in [4.78, 5) is 17.5. The molecule has 180 valence electrons. The fourth-order valence-electron chi connectivity index (χ4n) is 3.94. The van der Waals surface area contributed by atoms with Crippen LogP contribution < -0.4 is 9.54 Å². The van der Waals surface area contributed by atoms with Gasteiger partial charge in [-0.25, -0.2) is 17.2 Å². The largest absolute Gasteiger partial charge is 0.497 e. The lowest BCUT2D eigenvalue weighted by Gasteiger charge is -2.29. The molecule has 1 saturated heterocycles. The van der Waals surface area contributed by atoms with Gasteiger partial charge >= 0.3 is 0 Å². The zero-order valence-electron chi connectivity index (χ0n) is 18.4. The number of hydrogen-bond acceptors (Lipinski definition) is 5. The number of methoxy groups -OCH3 is 1. The minimum Gasteiger partial charge on any atom is -0.497 e. The lowest BCUT2D eigenvalue weighted by Crippen LogP contribution is -2.40.